The Labute approximate surface area is 172 Å². The molecule has 0 aromatic carbocycles. The predicted molar refractivity (Wildman–Crippen MR) is 103 cm³/mol. The van der Waals surface area contributed by atoms with Gasteiger partial charge in [-0.25, -0.2) is 19.7 Å². The number of fused-ring (bicyclic) bond motifs is 1. The van der Waals surface area contributed by atoms with Gasteiger partial charge < -0.3 is 14.4 Å². The second kappa shape index (κ2) is 8.44. The third kappa shape index (κ3) is 3.80. The lowest BCUT2D eigenvalue weighted by molar-refractivity contribution is -0.130. The van der Waals surface area contributed by atoms with Gasteiger partial charge in [-0.3, -0.25) is 14.6 Å². The summed E-state index contributed by atoms with van der Waals surface area (Å²) < 4.78 is 10.5. The average Bonchev–Trinajstić information content (AvgIpc) is 3.05. The minimum Gasteiger partial charge on any atom is -0.468 e. The van der Waals surface area contributed by atoms with Gasteiger partial charge in [0.2, 0.25) is 6.23 Å². The van der Waals surface area contributed by atoms with Gasteiger partial charge in [-0.2, -0.15) is 0 Å². The van der Waals surface area contributed by atoms with Crippen LogP contribution in [-0.4, -0.2) is 58.0 Å². The monoisotopic (exact) mass is 411 g/mol. The van der Waals surface area contributed by atoms with Gasteiger partial charge in [-0.15, -0.1) is 0 Å². The number of amides is 2. The van der Waals surface area contributed by atoms with Crippen molar-refractivity contribution in [2.75, 3.05) is 24.6 Å². The van der Waals surface area contributed by atoms with Gasteiger partial charge in [0.1, 0.15) is 11.5 Å². The van der Waals surface area contributed by atoms with Crippen molar-refractivity contribution in [1.29, 1.82) is 0 Å². The van der Waals surface area contributed by atoms with Crippen LogP contribution in [0.25, 0.3) is 0 Å². The predicted octanol–water partition coefficient (Wildman–Crippen LogP) is 1.86. The third-order valence-electron chi connectivity index (χ3n) is 5.24. The number of rotatable bonds is 5. The highest BCUT2D eigenvalue weighted by atomic mass is 16.6. The Morgan fingerprint density at radius 2 is 1.97 bits per heavy atom. The van der Waals surface area contributed by atoms with Crippen LogP contribution in [0, 0.1) is 12.8 Å². The quantitative estimate of drug-likeness (QED) is 0.685. The largest absolute Gasteiger partial charge is 0.468 e. The summed E-state index contributed by atoms with van der Waals surface area (Å²) in [5.41, 5.74) is 1.36. The van der Waals surface area contributed by atoms with Gasteiger partial charge in [-0.05, 0) is 37.3 Å². The summed E-state index contributed by atoms with van der Waals surface area (Å²) >= 11 is 0. The molecule has 10 nitrogen and oxygen atoms in total. The molecule has 0 bridgehead atoms. The Balaban J connectivity index is 1.52. The second-order valence-electron chi connectivity index (χ2n) is 7.26. The van der Waals surface area contributed by atoms with Gasteiger partial charge in [-0.1, -0.05) is 6.07 Å². The number of aryl methyl sites for hydroxylation is 1. The standard InChI is InChI=1S/C20H21N5O5/c1-13-2-3-15(23-10-13)25-18(27)16-17(22-7-6-21-16)19(25)30-20(28)24-8-4-14(5-9-24)11-29-12-26/h2-3,6-7,10,12,14,19H,4-5,8-9,11H2,1H3. The van der Waals surface area contributed by atoms with E-state index in [1.807, 2.05) is 13.0 Å². The van der Waals surface area contributed by atoms with Crippen LogP contribution in [-0.2, 0) is 14.3 Å². The molecule has 2 aliphatic heterocycles. The fourth-order valence-electron chi connectivity index (χ4n) is 3.60. The zero-order valence-electron chi connectivity index (χ0n) is 16.4. The van der Waals surface area contributed by atoms with Crippen LogP contribution >= 0.6 is 0 Å². The van der Waals surface area contributed by atoms with E-state index in [9.17, 15) is 14.4 Å². The van der Waals surface area contributed by atoms with Crippen molar-refractivity contribution in [1.82, 2.24) is 19.9 Å². The van der Waals surface area contributed by atoms with Crippen LogP contribution in [0.2, 0.25) is 0 Å². The second-order valence-corrected chi connectivity index (χ2v) is 7.26. The molecule has 0 spiro atoms. The molecule has 4 rings (SSSR count). The molecule has 156 valence electrons. The summed E-state index contributed by atoms with van der Waals surface area (Å²) in [6, 6.07) is 3.52. The van der Waals surface area contributed by atoms with Gasteiger partial charge in [0, 0.05) is 31.7 Å². The summed E-state index contributed by atoms with van der Waals surface area (Å²) in [5.74, 6) is 0.150. The van der Waals surface area contributed by atoms with E-state index >= 15 is 0 Å². The molecule has 0 aliphatic carbocycles. The first-order valence-corrected chi connectivity index (χ1v) is 9.66. The van der Waals surface area contributed by atoms with Crippen LogP contribution in [0.3, 0.4) is 0 Å². The Hall–Kier alpha value is -3.56. The molecule has 4 heterocycles. The molecule has 2 aliphatic rings. The van der Waals surface area contributed by atoms with Crippen molar-refractivity contribution in [3.05, 3.63) is 47.7 Å². The molecular weight excluding hydrogens is 390 g/mol. The highest BCUT2D eigenvalue weighted by Crippen LogP contribution is 2.35. The molecule has 1 atom stereocenters. The van der Waals surface area contributed by atoms with Crippen molar-refractivity contribution in [3.63, 3.8) is 0 Å². The van der Waals surface area contributed by atoms with Gasteiger partial charge >= 0.3 is 6.09 Å². The molecule has 2 aromatic heterocycles. The maximum absolute atomic E-state index is 12.9. The summed E-state index contributed by atoms with van der Waals surface area (Å²) in [6.07, 6.45) is 4.33. The zero-order valence-corrected chi connectivity index (χ0v) is 16.4. The SMILES string of the molecule is Cc1ccc(N2C(=O)c3nccnc3C2OC(=O)N2CCC(COC=O)CC2)nc1. The number of ether oxygens (including phenoxy) is 2. The van der Waals surface area contributed by atoms with Crippen molar-refractivity contribution < 1.29 is 23.9 Å². The number of anilines is 1. The lowest BCUT2D eigenvalue weighted by atomic mass is 9.98. The fourth-order valence-corrected chi connectivity index (χ4v) is 3.60. The zero-order chi connectivity index (χ0) is 21.1. The van der Waals surface area contributed by atoms with Gasteiger partial charge in [0.25, 0.3) is 12.4 Å². The molecule has 0 N–H and O–H groups in total. The molecule has 1 saturated heterocycles. The van der Waals surface area contributed by atoms with Crippen molar-refractivity contribution in [2.45, 2.75) is 26.0 Å². The van der Waals surface area contributed by atoms with Crippen molar-refractivity contribution in [3.8, 4) is 0 Å². The first-order valence-electron chi connectivity index (χ1n) is 9.66. The average molecular weight is 411 g/mol. The molecule has 1 fully saturated rings. The molecule has 0 radical (unpaired) electrons. The Morgan fingerprint density at radius 3 is 2.67 bits per heavy atom. The highest BCUT2D eigenvalue weighted by molar-refractivity contribution is 6.08. The molecule has 2 amide bonds. The highest BCUT2D eigenvalue weighted by Gasteiger charge is 2.44. The van der Waals surface area contributed by atoms with Crippen molar-refractivity contribution >= 4 is 24.3 Å². The summed E-state index contributed by atoms with van der Waals surface area (Å²) in [6.45, 7) is 3.62. The van der Waals surface area contributed by atoms with E-state index in [2.05, 4.69) is 15.0 Å². The number of piperidine rings is 1. The van der Waals surface area contributed by atoms with Crippen LogP contribution in [0.4, 0.5) is 10.6 Å². The number of nitrogens with zero attached hydrogens (tertiary/aromatic N) is 5. The molecule has 0 saturated carbocycles. The molecule has 30 heavy (non-hydrogen) atoms. The Bertz CT molecular complexity index is 943. The fraction of sp³-hybridized carbons (Fsp3) is 0.400. The number of aromatic nitrogens is 3. The van der Waals surface area contributed by atoms with E-state index in [-0.39, 0.29) is 17.3 Å². The maximum atomic E-state index is 12.9. The van der Waals surface area contributed by atoms with Gasteiger partial charge in [0.05, 0.1) is 6.61 Å². The number of carbonyl (C=O) groups excluding carboxylic acids is 3. The van der Waals surface area contributed by atoms with E-state index in [0.29, 0.717) is 44.8 Å². The van der Waals surface area contributed by atoms with Crippen LogP contribution in [0.5, 0.6) is 0 Å². The minimum atomic E-state index is -1.04. The normalized spacial score (nSPS) is 18.8. The maximum Gasteiger partial charge on any atom is 0.412 e. The van der Waals surface area contributed by atoms with Crippen LogP contribution < -0.4 is 4.90 Å². The van der Waals surface area contributed by atoms with E-state index in [0.717, 1.165) is 5.56 Å². The van der Waals surface area contributed by atoms with E-state index in [1.165, 1.54) is 17.3 Å². The smallest absolute Gasteiger partial charge is 0.412 e. The number of likely N-dealkylation sites (tertiary alicyclic amines) is 1. The Morgan fingerprint density at radius 1 is 1.20 bits per heavy atom. The number of hydrogen-bond donors (Lipinski definition) is 0. The van der Waals surface area contributed by atoms with E-state index < -0.39 is 18.2 Å². The number of pyridine rings is 1. The summed E-state index contributed by atoms with van der Waals surface area (Å²) in [4.78, 5) is 51.6. The lowest BCUT2D eigenvalue weighted by Gasteiger charge is -2.32. The topological polar surface area (TPSA) is 115 Å². The first kappa shape index (κ1) is 19.7. The van der Waals surface area contributed by atoms with Crippen LogP contribution in [0.1, 0.15) is 40.8 Å². The number of carbonyl (C=O) groups is 3. The summed E-state index contributed by atoms with van der Waals surface area (Å²) in [7, 11) is 0. The van der Waals surface area contributed by atoms with Gasteiger partial charge in [0.15, 0.2) is 5.69 Å². The van der Waals surface area contributed by atoms with Crippen molar-refractivity contribution in [2.24, 2.45) is 5.92 Å². The summed E-state index contributed by atoms with van der Waals surface area (Å²) in [5, 5.41) is 0. The molecule has 2 aromatic rings. The third-order valence-corrected chi connectivity index (χ3v) is 5.24. The number of hydrogen-bond acceptors (Lipinski definition) is 8. The lowest BCUT2D eigenvalue weighted by Crippen LogP contribution is -2.42. The Kier molecular flexibility index (Phi) is 5.55. The first-order chi connectivity index (χ1) is 14.6. The molecule has 1 unspecified atom stereocenters. The van der Waals surface area contributed by atoms with E-state index in [1.54, 1.807) is 17.2 Å². The molecule has 10 heteroatoms. The minimum absolute atomic E-state index is 0.141. The molecular formula is C20H21N5O5. The van der Waals surface area contributed by atoms with Crippen LogP contribution in [0.15, 0.2) is 30.7 Å². The van der Waals surface area contributed by atoms with E-state index in [4.69, 9.17) is 9.47 Å².